The standard InChI is InChI=1S/C18H17ClN2O2S/c1-2-23-16-6-4-3-5-15(16)21-18(22)11-24-17-10-20-14-8-7-12(19)9-13(14)17/h3-10,20H,2,11H2,1H3,(H,21,22). The van der Waals surface area contributed by atoms with Crippen LogP contribution in [0.4, 0.5) is 5.69 Å². The highest BCUT2D eigenvalue weighted by Crippen LogP contribution is 2.30. The highest BCUT2D eigenvalue weighted by Gasteiger charge is 2.10. The lowest BCUT2D eigenvalue weighted by atomic mass is 10.2. The van der Waals surface area contributed by atoms with E-state index in [2.05, 4.69) is 10.3 Å². The van der Waals surface area contributed by atoms with Crippen LogP contribution in [0.5, 0.6) is 5.75 Å². The molecule has 0 aliphatic carbocycles. The second kappa shape index (κ2) is 7.64. The highest BCUT2D eigenvalue weighted by molar-refractivity contribution is 8.00. The lowest BCUT2D eigenvalue weighted by Gasteiger charge is -2.11. The maximum absolute atomic E-state index is 12.2. The van der Waals surface area contributed by atoms with E-state index in [0.717, 1.165) is 15.8 Å². The number of aromatic amines is 1. The van der Waals surface area contributed by atoms with E-state index in [1.54, 1.807) is 0 Å². The van der Waals surface area contributed by atoms with Crippen molar-refractivity contribution in [1.29, 1.82) is 0 Å². The van der Waals surface area contributed by atoms with Gasteiger partial charge in [0, 0.05) is 27.0 Å². The quantitative estimate of drug-likeness (QED) is 0.611. The van der Waals surface area contributed by atoms with Crippen LogP contribution in [0.2, 0.25) is 5.02 Å². The predicted molar refractivity (Wildman–Crippen MR) is 100 cm³/mol. The molecule has 1 amide bonds. The molecule has 0 atom stereocenters. The average molecular weight is 361 g/mol. The molecule has 2 aromatic carbocycles. The third-order valence-corrected chi connectivity index (χ3v) is 4.72. The van der Waals surface area contributed by atoms with Crippen LogP contribution in [0.1, 0.15) is 6.92 Å². The Bertz CT molecular complexity index is 863. The van der Waals surface area contributed by atoms with Crippen molar-refractivity contribution in [3.8, 4) is 5.75 Å². The van der Waals surface area contributed by atoms with Crippen LogP contribution in [0.25, 0.3) is 10.9 Å². The largest absolute Gasteiger partial charge is 0.492 e. The van der Waals surface area contributed by atoms with Crippen molar-refractivity contribution >= 4 is 45.9 Å². The minimum atomic E-state index is -0.0801. The van der Waals surface area contributed by atoms with Gasteiger partial charge in [0.25, 0.3) is 0 Å². The van der Waals surface area contributed by atoms with Crippen molar-refractivity contribution in [2.45, 2.75) is 11.8 Å². The molecule has 0 unspecified atom stereocenters. The number of para-hydroxylation sites is 2. The number of thioether (sulfide) groups is 1. The zero-order valence-electron chi connectivity index (χ0n) is 13.1. The molecule has 3 rings (SSSR count). The van der Waals surface area contributed by atoms with Crippen LogP contribution >= 0.6 is 23.4 Å². The second-order valence-corrected chi connectivity index (χ2v) is 6.56. The molecular formula is C18H17ClN2O2S. The number of rotatable bonds is 6. The molecule has 1 heterocycles. The molecule has 4 nitrogen and oxygen atoms in total. The number of benzene rings is 2. The van der Waals surface area contributed by atoms with Gasteiger partial charge in [-0.05, 0) is 37.3 Å². The van der Waals surface area contributed by atoms with E-state index in [9.17, 15) is 4.79 Å². The van der Waals surface area contributed by atoms with Crippen LogP contribution in [0.3, 0.4) is 0 Å². The Morgan fingerprint density at radius 1 is 1.29 bits per heavy atom. The van der Waals surface area contributed by atoms with Crippen molar-refractivity contribution in [3.05, 3.63) is 53.7 Å². The fourth-order valence-electron chi connectivity index (χ4n) is 2.37. The Labute approximate surface area is 149 Å². The van der Waals surface area contributed by atoms with E-state index < -0.39 is 0 Å². The summed E-state index contributed by atoms with van der Waals surface area (Å²) in [6, 6.07) is 13.1. The van der Waals surface area contributed by atoms with Gasteiger partial charge in [0.15, 0.2) is 0 Å². The summed E-state index contributed by atoms with van der Waals surface area (Å²) in [6.45, 7) is 2.47. The number of ether oxygens (including phenoxy) is 1. The Hall–Kier alpha value is -2.11. The molecule has 0 bridgehead atoms. The third kappa shape index (κ3) is 3.86. The van der Waals surface area contributed by atoms with Gasteiger partial charge in [-0.1, -0.05) is 23.7 Å². The van der Waals surface area contributed by atoms with Gasteiger partial charge in [-0.15, -0.1) is 11.8 Å². The predicted octanol–water partition coefficient (Wildman–Crippen LogP) is 4.95. The Morgan fingerprint density at radius 2 is 2.12 bits per heavy atom. The lowest BCUT2D eigenvalue weighted by molar-refractivity contribution is -0.113. The molecule has 0 spiro atoms. The van der Waals surface area contributed by atoms with Crippen LogP contribution in [0, 0.1) is 0 Å². The van der Waals surface area contributed by atoms with E-state index in [1.807, 2.05) is 55.6 Å². The van der Waals surface area contributed by atoms with E-state index in [4.69, 9.17) is 16.3 Å². The summed E-state index contributed by atoms with van der Waals surface area (Å²) in [5.41, 5.74) is 1.69. The van der Waals surface area contributed by atoms with Gasteiger partial charge in [0.05, 0.1) is 18.0 Å². The van der Waals surface area contributed by atoms with Crippen molar-refractivity contribution in [3.63, 3.8) is 0 Å². The Morgan fingerprint density at radius 3 is 2.96 bits per heavy atom. The summed E-state index contributed by atoms with van der Waals surface area (Å²) in [5, 5.41) is 4.60. The molecule has 1 aromatic heterocycles. The number of carbonyl (C=O) groups excluding carboxylic acids is 1. The topological polar surface area (TPSA) is 54.1 Å². The molecule has 0 aliphatic rings. The maximum Gasteiger partial charge on any atom is 0.234 e. The van der Waals surface area contributed by atoms with Crippen LogP contribution in [-0.2, 0) is 4.79 Å². The lowest BCUT2D eigenvalue weighted by Crippen LogP contribution is -2.14. The van der Waals surface area contributed by atoms with Gasteiger partial charge in [-0.3, -0.25) is 4.79 Å². The van der Waals surface area contributed by atoms with Crippen molar-refractivity contribution < 1.29 is 9.53 Å². The van der Waals surface area contributed by atoms with Crippen LogP contribution in [-0.4, -0.2) is 23.3 Å². The van der Waals surface area contributed by atoms with Gasteiger partial charge in [-0.25, -0.2) is 0 Å². The fourth-order valence-corrected chi connectivity index (χ4v) is 3.37. The van der Waals surface area contributed by atoms with Crippen molar-refractivity contribution in [1.82, 2.24) is 4.98 Å². The molecular weight excluding hydrogens is 344 g/mol. The molecule has 124 valence electrons. The third-order valence-electron chi connectivity index (χ3n) is 3.43. The van der Waals surface area contributed by atoms with E-state index >= 15 is 0 Å². The van der Waals surface area contributed by atoms with Gasteiger partial charge in [0.1, 0.15) is 5.75 Å². The summed E-state index contributed by atoms with van der Waals surface area (Å²) in [7, 11) is 0. The molecule has 0 saturated carbocycles. The molecule has 24 heavy (non-hydrogen) atoms. The molecule has 0 aliphatic heterocycles. The molecule has 0 saturated heterocycles. The summed E-state index contributed by atoms with van der Waals surface area (Å²) < 4.78 is 5.52. The number of aromatic nitrogens is 1. The summed E-state index contributed by atoms with van der Waals surface area (Å²) in [5.74, 6) is 0.903. The van der Waals surface area contributed by atoms with E-state index in [0.29, 0.717) is 28.8 Å². The van der Waals surface area contributed by atoms with Gasteiger partial charge >= 0.3 is 0 Å². The first-order valence-electron chi connectivity index (χ1n) is 7.58. The fraction of sp³-hybridized carbons (Fsp3) is 0.167. The number of fused-ring (bicyclic) bond motifs is 1. The first kappa shape index (κ1) is 16.7. The van der Waals surface area contributed by atoms with Crippen molar-refractivity contribution in [2.24, 2.45) is 0 Å². The molecule has 0 fully saturated rings. The van der Waals surface area contributed by atoms with Gasteiger partial charge < -0.3 is 15.0 Å². The van der Waals surface area contributed by atoms with Crippen molar-refractivity contribution in [2.75, 3.05) is 17.7 Å². The number of H-pyrrole nitrogens is 1. The minimum absolute atomic E-state index is 0.0801. The highest BCUT2D eigenvalue weighted by atomic mass is 35.5. The molecule has 2 N–H and O–H groups in total. The van der Waals surface area contributed by atoms with E-state index in [1.165, 1.54) is 11.8 Å². The Balaban J connectivity index is 1.66. The number of hydrogen-bond donors (Lipinski definition) is 2. The maximum atomic E-state index is 12.2. The summed E-state index contributed by atoms with van der Waals surface area (Å²) >= 11 is 7.52. The SMILES string of the molecule is CCOc1ccccc1NC(=O)CSc1c[nH]c2ccc(Cl)cc12. The number of anilines is 1. The summed E-state index contributed by atoms with van der Waals surface area (Å²) in [6.07, 6.45) is 1.90. The van der Waals surface area contributed by atoms with E-state index in [-0.39, 0.29) is 5.91 Å². The number of carbonyl (C=O) groups is 1. The number of halogens is 1. The second-order valence-electron chi connectivity index (χ2n) is 5.11. The number of hydrogen-bond acceptors (Lipinski definition) is 3. The monoisotopic (exact) mass is 360 g/mol. The molecule has 6 heteroatoms. The van der Waals surface area contributed by atoms with Gasteiger partial charge in [-0.2, -0.15) is 0 Å². The van der Waals surface area contributed by atoms with Crippen LogP contribution in [0.15, 0.2) is 53.6 Å². The molecule has 0 radical (unpaired) electrons. The first-order chi connectivity index (χ1) is 11.7. The first-order valence-corrected chi connectivity index (χ1v) is 8.95. The number of nitrogens with one attached hydrogen (secondary N) is 2. The molecule has 3 aromatic rings. The normalized spacial score (nSPS) is 10.8. The van der Waals surface area contributed by atoms with Crippen LogP contribution < -0.4 is 10.1 Å². The smallest absolute Gasteiger partial charge is 0.234 e. The van der Waals surface area contributed by atoms with Gasteiger partial charge in [0.2, 0.25) is 5.91 Å². The Kier molecular flexibility index (Phi) is 5.33. The zero-order valence-corrected chi connectivity index (χ0v) is 14.7. The summed E-state index contributed by atoms with van der Waals surface area (Å²) in [4.78, 5) is 16.4. The zero-order chi connectivity index (χ0) is 16.9. The minimum Gasteiger partial charge on any atom is -0.492 e. The number of amides is 1. The average Bonchev–Trinajstić information content (AvgIpc) is 2.97.